The summed E-state index contributed by atoms with van der Waals surface area (Å²) in [5.41, 5.74) is 2.88. The van der Waals surface area contributed by atoms with Gasteiger partial charge in [-0.2, -0.15) is 9.78 Å². The Hall–Kier alpha value is -3.92. The first kappa shape index (κ1) is 14.7. The monoisotopic (exact) mass is 327 g/mol. The first-order valence-corrected chi connectivity index (χ1v) is 7.63. The van der Waals surface area contributed by atoms with Gasteiger partial charge < -0.3 is 10.6 Å². The van der Waals surface area contributed by atoms with Crippen LogP contribution >= 0.6 is 0 Å². The molecule has 25 heavy (non-hydrogen) atoms. The number of anilines is 4. The minimum absolute atomic E-state index is 0.474. The molecule has 120 valence electrons. The lowest BCUT2D eigenvalue weighted by Gasteiger charge is -2.07. The van der Waals surface area contributed by atoms with E-state index in [4.69, 9.17) is 5.26 Å². The highest BCUT2D eigenvalue weighted by Gasteiger charge is 2.08. The van der Waals surface area contributed by atoms with Gasteiger partial charge in [-0.25, -0.2) is 0 Å². The molecule has 7 heteroatoms. The summed E-state index contributed by atoms with van der Waals surface area (Å²) in [4.78, 5) is 0. The molecule has 0 bridgehead atoms. The number of nitrogens with zero attached hydrogens (tertiary/aromatic N) is 5. The van der Waals surface area contributed by atoms with Crippen LogP contribution in [-0.4, -0.2) is 19.8 Å². The molecule has 2 aromatic heterocycles. The van der Waals surface area contributed by atoms with Crippen LogP contribution in [0, 0.1) is 11.3 Å². The van der Waals surface area contributed by atoms with Gasteiger partial charge in [0.15, 0.2) is 11.5 Å². The van der Waals surface area contributed by atoms with Gasteiger partial charge in [-0.05, 0) is 42.5 Å². The lowest BCUT2D eigenvalue weighted by atomic mass is 10.2. The van der Waals surface area contributed by atoms with Crippen molar-refractivity contribution in [2.45, 2.75) is 0 Å². The Labute approximate surface area is 143 Å². The van der Waals surface area contributed by atoms with Crippen molar-refractivity contribution < 1.29 is 0 Å². The summed E-state index contributed by atoms with van der Waals surface area (Å²) in [5, 5.41) is 28.1. The predicted octanol–water partition coefficient (Wildman–Crippen LogP) is 3.48. The molecule has 0 fully saturated rings. The van der Waals surface area contributed by atoms with E-state index >= 15 is 0 Å². The van der Waals surface area contributed by atoms with E-state index in [0.29, 0.717) is 23.0 Å². The van der Waals surface area contributed by atoms with Crippen LogP contribution in [0.5, 0.6) is 0 Å². The van der Waals surface area contributed by atoms with E-state index in [0.717, 1.165) is 11.4 Å². The van der Waals surface area contributed by atoms with Gasteiger partial charge in [0, 0.05) is 11.4 Å². The van der Waals surface area contributed by atoms with Crippen molar-refractivity contribution in [1.29, 1.82) is 5.26 Å². The zero-order valence-electron chi connectivity index (χ0n) is 13.1. The molecule has 0 radical (unpaired) electrons. The average molecular weight is 327 g/mol. The Morgan fingerprint density at radius 1 is 0.840 bits per heavy atom. The Bertz CT molecular complexity index is 1060. The molecular formula is C18H13N7. The summed E-state index contributed by atoms with van der Waals surface area (Å²) in [5.74, 6) is 1.15. The molecular weight excluding hydrogens is 314 g/mol. The van der Waals surface area contributed by atoms with Crippen LogP contribution in [0.2, 0.25) is 0 Å². The first-order valence-electron chi connectivity index (χ1n) is 7.63. The summed E-state index contributed by atoms with van der Waals surface area (Å²) in [6.07, 6.45) is 0. The lowest BCUT2D eigenvalue weighted by molar-refractivity contribution is 0.941. The van der Waals surface area contributed by atoms with Gasteiger partial charge in [0.1, 0.15) is 0 Å². The van der Waals surface area contributed by atoms with Crippen LogP contribution in [0.4, 0.5) is 23.1 Å². The Kier molecular flexibility index (Phi) is 3.69. The van der Waals surface area contributed by atoms with E-state index in [9.17, 15) is 0 Å². The zero-order chi connectivity index (χ0) is 17.1. The van der Waals surface area contributed by atoms with Gasteiger partial charge in [0.25, 0.3) is 5.95 Å². The molecule has 0 aliphatic heterocycles. The van der Waals surface area contributed by atoms with Crippen LogP contribution in [0.25, 0.3) is 5.65 Å². The van der Waals surface area contributed by atoms with E-state index in [1.807, 2.05) is 48.5 Å². The lowest BCUT2D eigenvalue weighted by Crippen LogP contribution is -2.03. The van der Waals surface area contributed by atoms with Gasteiger partial charge in [-0.1, -0.05) is 24.3 Å². The molecule has 7 nitrogen and oxygen atoms in total. The van der Waals surface area contributed by atoms with Gasteiger partial charge >= 0.3 is 0 Å². The molecule has 0 atom stereocenters. The van der Waals surface area contributed by atoms with Gasteiger partial charge in [0.2, 0.25) is 0 Å². The second-order valence-corrected chi connectivity index (χ2v) is 5.32. The number of nitriles is 1. The molecule has 0 saturated carbocycles. The minimum Gasteiger partial charge on any atom is -0.339 e. The normalized spacial score (nSPS) is 10.4. The molecule has 0 amide bonds. The maximum atomic E-state index is 9.00. The second kappa shape index (κ2) is 6.29. The van der Waals surface area contributed by atoms with E-state index in [1.165, 1.54) is 0 Å². The van der Waals surface area contributed by atoms with Crippen LogP contribution < -0.4 is 10.6 Å². The zero-order valence-corrected chi connectivity index (χ0v) is 13.1. The van der Waals surface area contributed by atoms with Crippen molar-refractivity contribution in [3.05, 3.63) is 72.3 Å². The van der Waals surface area contributed by atoms with Crippen LogP contribution in [0.1, 0.15) is 5.56 Å². The Balaban J connectivity index is 1.65. The molecule has 4 aromatic rings. The summed E-state index contributed by atoms with van der Waals surface area (Å²) in [6, 6.07) is 22.7. The number of hydrogen-bond acceptors (Lipinski definition) is 6. The van der Waals surface area contributed by atoms with Crippen molar-refractivity contribution >= 4 is 28.8 Å². The van der Waals surface area contributed by atoms with E-state index in [2.05, 4.69) is 32.0 Å². The van der Waals surface area contributed by atoms with Gasteiger partial charge in [-0.3, -0.25) is 0 Å². The fraction of sp³-hybridized carbons (Fsp3) is 0. The quantitative estimate of drug-likeness (QED) is 0.596. The standard InChI is InChI=1S/C18H13N7/c19-12-13-5-4-8-15(11-13)21-18-23-22-17-10-9-16(24-25(17)18)20-14-6-2-1-3-7-14/h1-11H,(H,20,24)(H,21,23). The predicted molar refractivity (Wildman–Crippen MR) is 94.9 cm³/mol. The largest absolute Gasteiger partial charge is 0.339 e. The highest BCUT2D eigenvalue weighted by molar-refractivity contribution is 5.61. The van der Waals surface area contributed by atoms with Crippen LogP contribution in [0.3, 0.4) is 0 Å². The molecule has 2 N–H and O–H groups in total. The van der Waals surface area contributed by atoms with Crippen LogP contribution in [-0.2, 0) is 0 Å². The number of aromatic nitrogens is 4. The number of benzene rings is 2. The summed E-state index contributed by atoms with van der Waals surface area (Å²) < 4.78 is 1.62. The maximum absolute atomic E-state index is 9.00. The number of rotatable bonds is 4. The topological polar surface area (TPSA) is 90.9 Å². The molecule has 0 unspecified atom stereocenters. The smallest absolute Gasteiger partial charge is 0.250 e. The summed E-state index contributed by atoms with van der Waals surface area (Å²) in [6.45, 7) is 0. The second-order valence-electron chi connectivity index (χ2n) is 5.32. The molecule has 0 saturated heterocycles. The highest BCUT2D eigenvalue weighted by atomic mass is 15.4. The molecule has 0 spiro atoms. The van der Waals surface area contributed by atoms with Crippen molar-refractivity contribution in [2.75, 3.05) is 10.6 Å². The van der Waals surface area contributed by atoms with E-state index in [-0.39, 0.29) is 0 Å². The van der Waals surface area contributed by atoms with Crippen molar-refractivity contribution in [3.63, 3.8) is 0 Å². The highest BCUT2D eigenvalue weighted by Crippen LogP contribution is 2.19. The first-order chi connectivity index (χ1) is 12.3. The van der Waals surface area contributed by atoms with Crippen molar-refractivity contribution in [1.82, 2.24) is 19.8 Å². The molecule has 4 rings (SSSR count). The number of hydrogen-bond donors (Lipinski definition) is 2. The fourth-order valence-electron chi connectivity index (χ4n) is 2.40. The minimum atomic E-state index is 0.474. The summed E-state index contributed by atoms with van der Waals surface area (Å²) in [7, 11) is 0. The van der Waals surface area contributed by atoms with Gasteiger partial charge in [-0.15, -0.1) is 15.3 Å². The van der Waals surface area contributed by atoms with E-state index in [1.54, 1.807) is 22.7 Å². The van der Waals surface area contributed by atoms with Crippen LogP contribution in [0.15, 0.2) is 66.7 Å². The number of nitrogens with one attached hydrogen (secondary N) is 2. The SMILES string of the molecule is N#Cc1cccc(Nc2nnc3ccc(Nc4ccccc4)nn23)c1. The fourth-order valence-corrected chi connectivity index (χ4v) is 2.40. The molecule has 0 aliphatic rings. The number of fused-ring (bicyclic) bond motifs is 1. The third kappa shape index (κ3) is 3.09. The molecule has 2 heterocycles. The third-order valence-corrected chi connectivity index (χ3v) is 3.56. The van der Waals surface area contributed by atoms with Crippen molar-refractivity contribution in [2.24, 2.45) is 0 Å². The Morgan fingerprint density at radius 3 is 2.52 bits per heavy atom. The molecule has 0 aliphatic carbocycles. The number of para-hydroxylation sites is 1. The average Bonchev–Trinajstić information content (AvgIpc) is 3.05. The van der Waals surface area contributed by atoms with E-state index < -0.39 is 0 Å². The molecule has 2 aromatic carbocycles. The van der Waals surface area contributed by atoms with Crippen molar-refractivity contribution in [3.8, 4) is 6.07 Å². The third-order valence-electron chi connectivity index (χ3n) is 3.56. The summed E-state index contributed by atoms with van der Waals surface area (Å²) >= 11 is 0. The van der Waals surface area contributed by atoms with Gasteiger partial charge in [0.05, 0.1) is 11.6 Å². The maximum Gasteiger partial charge on any atom is 0.250 e. The Morgan fingerprint density at radius 2 is 1.68 bits per heavy atom.